The molecular weight excluding hydrogens is 407 g/mol. The van der Waals surface area contributed by atoms with Crippen molar-refractivity contribution in [1.29, 1.82) is 0 Å². The Morgan fingerprint density at radius 1 is 1.14 bits per heavy atom. The smallest absolute Gasteiger partial charge is 0.263 e. The predicted molar refractivity (Wildman–Crippen MR) is 106 cm³/mol. The van der Waals surface area contributed by atoms with Gasteiger partial charge in [0, 0.05) is 5.56 Å². The molecule has 0 radical (unpaired) electrons. The van der Waals surface area contributed by atoms with Crippen molar-refractivity contribution in [3.63, 3.8) is 0 Å². The average Bonchev–Trinajstić information content (AvgIpc) is 2.64. The van der Waals surface area contributed by atoms with E-state index in [4.69, 9.17) is 33.3 Å². The number of thiocarbonyl (C=S) groups is 1. The van der Waals surface area contributed by atoms with E-state index < -0.39 is 17.6 Å². The highest BCUT2D eigenvalue weighted by Gasteiger charge is 2.25. The maximum absolute atomic E-state index is 13.9. The molecule has 0 atom stereocenters. The van der Waals surface area contributed by atoms with Gasteiger partial charge in [-0.1, -0.05) is 23.7 Å². The van der Waals surface area contributed by atoms with E-state index in [1.165, 1.54) is 25.3 Å². The van der Waals surface area contributed by atoms with Crippen LogP contribution in [0.3, 0.4) is 0 Å². The molecule has 1 aliphatic heterocycles. The van der Waals surface area contributed by atoms with E-state index in [9.17, 15) is 14.0 Å². The minimum absolute atomic E-state index is 0.0414. The zero-order valence-corrected chi connectivity index (χ0v) is 16.1. The Kier molecular flexibility index (Phi) is 5.91. The molecule has 2 aromatic carbocycles. The number of amides is 2. The highest BCUT2D eigenvalue weighted by Crippen LogP contribution is 2.31. The monoisotopic (exact) mass is 420 g/mol. The summed E-state index contributed by atoms with van der Waals surface area (Å²) in [6.07, 6.45) is 1.40. The summed E-state index contributed by atoms with van der Waals surface area (Å²) in [6, 6.07) is 9.17. The molecule has 1 aliphatic rings. The molecule has 1 saturated heterocycles. The third-order valence-electron chi connectivity index (χ3n) is 3.88. The molecule has 1 fully saturated rings. The van der Waals surface area contributed by atoms with Gasteiger partial charge in [-0.25, -0.2) is 4.39 Å². The first kappa shape index (κ1) is 19.8. The third kappa shape index (κ3) is 4.29. The van der Waals surface area contributed by atoms with Crippen LogP contribution in [0, 0.1) is 5.82 Å². The quantitative estimate of drug-likeness (QED) is 0.442. The number of hydrogen-bond donors (Lipinski definition) is 2. The lowest BCUT2D eigenvalue weighted by Gasteiger charge is -2.16. The van der Waals surface area contributed by atoms with Crippen molar-refractivity contribution in [1.82, 2.24) is 10.6 Å². The van der Waals surface area contributed by atoms with Gasteiger partial charge < -0.3 is 9.47 Å². The van der Waals surface area contributed by atoms with Crippen LogP contribution < -0.4 is 20.1 Å². The van der Waals surface area contributed by atoms with Gasteiger partial charge in [-0.05, 0) is 48.1 Å². The van der Waals surface area contributed by atoms with Crippen molar-refractivity contribution in [2.45, 2.75) is 6.61 Å². The van der Waals surface area contributed by atoms with Gasteiger partial charge in [0.05, 0.1) is 12.1 Å². The predicted octanol–water partition coefficient (Wildman–Crippen LogP) is 2.98. The zero-order valence-electron chi connectivity index (χ0n) is 14.5. The molecule has 1 heterocycles. The fourth-order valence-electron chi connectivity index (χ4n) is 2.49. The van der Waals surface area contributed by atoms with Gasteiger partial charge in [0.2, 0.25) is 0 Å². The summed E-state index contributed by atoms with van der Waals surface area (Å²) in [5, 5.41) is 4.93. The van der Waals surface area contributed by atoms with Crippen LogP contribution in [0.25, 0.3) is 6.08 Å². The number of hydrogen-bond acceptors (Lipinski definition) is 5. The summed E-state index contributed by atoms with van der Waals surface area (Å²) in [7, 11) is 1.44. The molecule has 2 amide bonds. The molecule has 0 spiro atoms. The van der Waals surface area contributed by atoms with Crippen molar-refractivity contribution in [3.05, 3.63) is 63.9 Å². The van der Waals surface area contributed by atoms with Gasteiger partial charge in [-0.2, -0.15) is 0 Å². The Hall–Kier alpha value is -2.97. The maximum Gasteiger partial charge on any atom is 0.263 e. The third-order valence-corrected chi connectivity index (χ3v) is 4.43. The van der Waals surface area contributed by atoms with Gasteiger partial charge in [-0.15, -0.1) is 0 Å². The Morgan fingerprint density at radius 3 is 2.50 bits per heavy atom. The normalized spacial score (nSPS) is 13.7. The van der Waals surface area contributed by atoms with Crippen LogP contribution >= 0.6 is 23.8 Å². The van der Waals surface area contributed by atoms with Crippen molar-refractivity contribution in [2.24, 2.45) is 0 Å². The Bertz CT molecular complexity index is 967. The van der Waals surface area contributed by atoms with Crippen molar-refractivity contribution < 1.29 is 23.5 Å². The molecule has 2 aromatic rings. The topological polar surface area (TPSA) is 76.7 Å². The van der Waals surface area contributed by atoms with Crippen LogP contribution in [0.1, 0.15) is 11.1 Å². The molecule has 0 saturated carbocycles. The number of ether oxygens (including phenoxy) is 2. The zero-order chi connectivity index (χ0) is 20.3. The molecular formula is C19H14ClFN2O4S. The van der Waals surface area contributed by atoms with E-state index in [-0.39, 0.29) is 27.9 Å². The van der Waals surface area contributed by atoms with Gasteiger partial charge >= 0.3 is 0 Å². The largest absolute Gasteiger partial charge is 0.493 e. The highest BCUT2D eigenvalue weighted by atomic mass is 35.5. The molecule has 6 nitrogen and oxygen atoms in total. The van der Waals surface area contributed by atoms with Gasteiger partial charge in [0.1, 0.15) is 18.0 Å². The summed E-state index contributed by atoms with van der Waals surface area (Å²) in [5.41, 5.74) is 0.660. The number of benzene rings is 2. The summed E-state index contributed by atoms with van der Waals surface area (Å²) in [5.74, 6) is -0.971. The lowest BCUT2D eigenvalue weighted by Crippen LogP contribution is -2.51. The molecule has 2 N–H and O–H groups in total. The Morgan fingerprint density at radius 2 is 1.86 bits per heavy atom. The van der Waals surface area contributed by atoms with Crippen LogP contribution in [0.5, 0.6) is 11.5 Å². The van der Waals surface area contributed by atoms with Gasteiger partial charge in [0.15, 0.2) is 16.6 Å². The average molecular weight is 421 g/mol. The minimum atomic E-state index is -0.595. The molecule has 28 heavy (non-hydrogen) atoms. The second kappa shape index (κ2) is 8.37. The fourth-order valence-corrected chi connectivity index (χ4v) is 2.89. The highest BCUT2D eigenvalue weighted by molar-refractivity contribution is 7.80. The number of rotatable bonds is 5. The Labute approximate surface area is 170 Å². The van der Waals surface area contributed by atoms with E-state index in [0.29, 0.717) is 17.1 Å². The number of halogens is 2. The summed E-state index contributed by atoms with van der Waals surface area (Å²) in [6.45, 7) is -0.0927. The van der Waals surface area contributed by atoms with E-state index in [1.54, 1.807) is 24.3 Å². The van der Waals surface area contributed by atoms with Crippen LogP contribution in [-0.4, -0.2) is 24.0 Å². The van der Waals surface area contributed by atoms with E-state index in [0.717, 1.165) is 0 Å². The summed E-state index contributed by atoms with van der Waals surface area (Å²) < 4.78 is 24.8. The molecule has 144 valence electrons. The lowest BCUT2D eigenvalue weighted by molar-refractivity contribution is -0.123. The molecule has 9 heteroatoms. The molecule has 0 bridgehead atoms. The van der Waals surface area contributed by atoms with Crippen LogP contribution in [-0.2, 0) is 16.2 Å². The lowest BCUT2D eigenvalue weighted by atomic mass is 10.1. The first-order valence-corrected chi connectivity index (χ1v) is 8.79. The van der Waals surface area contributed by atoms with Gasteiger partial charge in [-0.3, -0.25) is 20.2 Å². The number of methoxy groups -OCH3 is 1. The van der Waals surface area contributed by atoms with Crippen LogP contribution in [0.2, 0.25) is 5.02 Å². The first-order chi connectivity index (χ1) is 13.4. The van der Waals surface area contributed by atoms with Crippen molar-refractivity contribution in [2.75, 3.05) is 7.11 Å². The molecule has 0 unspecified atom stereocenters. The maximum atomic E-state index is 13.9. The Balaban J connectivity index is 1.83. The SMILES string of the molecule is COc1cc(C=C2C(=O)NC(=S)NC2=O)ccc1OCc1c(F)cccc1Cl. The van der Waals surface area contributed by atoms with E-state index in [2.05, 4.69) is 10.6 Å². The van der Waals surface area contributed by atoms with E-state index in [1.807, 2.05) is 0 Å². The molecule has 0 aliphatic carbocycles. The summed E-state index contributed by atoms with van der Waals surface area (Å²) in [4.78, 5) is 23.9. The van der Waals surface area contributed by atoms with Crippen LogP contribution in [0.15, 0.2) is 42.0 Å². The molecule has 0 aromatic heterocycles. The molecule has 3 rings (SSSR count). The number of carbonyl (C=O) groups excluding carboxylic acids is 2. The van der Waals surface area contributed by atoms with Crippen molar-refractivity contribution >= 4 is 46.8 Å². The summed E-state index contributed by atoms with van der Waals surface area (Å²) >= 11 is 10.8. The minimum Gasteiger partial charge on any atom is -0.493 e. The number of nitrogens with one attached hydrogen (secondary N) is 2. The first-order valence-electron chi connectivity index (χ1n) is 8.01. The fraction of sp³-hybridized carbons (Fsp3) is 0.105. The second-order valence-corrected chi connectivity index (χ2v) is 6.51. The van der Waals surface area contributed by atoms with Gasteiger partial charge in [0.25, 0.3) is 11.8 Å². The van der Waals surface area contributed by atoms with E-state index >= 15 is 0 Å². The standard InChI is InChI=1S/C19H14ClFN2O4S/c1-26-16-8-10(7-11-17(24)22-19(28)23-18(11)25)5-6-15(16)27-9-12-13(20)3-2-4-14(12)21/h2-8H,9H2,1H3,(H2,22,23,24,25,28). The van der Waals surface area contributed by atoms with Crippen LogP contribution in [0.4, 0.5) is 4.39 Å². The van der Waals surface area contributed by atoms with Crippen molar-refractivity contribution in [3.8, 4) is 11.5 Å². The second-order valence-electron chi connectivity index (χ2n) is 5.69. The number of carbonyl (C=O) groups is 2.